The van der Waals surface area contributed by atoms with Crippen LogP contribution in [0.3, 0.4) is 0 Å². The highest BCUT2D eigenvalue weighted by molar-refractivity contribution is 5.47. The van der Waals surface area contributed by atoms with Crippen LogP contribution in [0.1, 0.15) is 49.7 Å². The fourth-order valence-corrected chi connectivity index (χ4v) is 4.47. The van der Waals surface area contributed by atoms with Crippen molar-refractivity contribution in [1.82, 2.24) is 14.9 Å². The highest BCUT2D eigenvalue weighted by Gasteiger charge is 2.19. The number of hydrogen-bond donors (Lipinski definition) is 1. The summed E-state index contributed by atoms with van der Waals surface area (Å²) in [6.45, 7) is 8.46. The molecule has 1 N–H and O–H groups in total. The van der Waals surface area contributed by atoms with Crippen molar-refractivity contribution in [3.8, 4) is 0 Å². The van der Waals surface area contributed by atoms with Gasteiger partial charge in [-0.25, -0.2) is 9.97 Å². The lowest BCUT2D eigenvalue weighted by molar-refractivity contribution is 0.300. The monoisotopic (exact) mass is 364 g/mol. The minimum atomic E-state index is 0.629. The summed E-state index contributed by atoms with van der Waals surface area (Å²) in [4.78, 5) is 11.9. The number of anilines is 1. The van der Waals surface area contributed by atoms with E-state index in [4.69, 9.17) is 0 Å². The highest BCUT2D eigenvalue weighted by Crippen LogP contribution is 2.28. The van der Waals surface area contributed by atoms with Gasteiger partial charge in [0, 0.05) is 43.4 Å². The number of allylic oxidation sites excluding steroid dienone is 4. The quantitative estimate of drug-likeness (QED) is 0.794. The maximum Gasteiger partial charge on any atom is 0.133 e. The van der Waals surface area contributed by atoms with Crippen LogP contribution in [0, 0.1) is 12.8 Å². The van der Waals surface area contributed by atoms with E-state index in [0.29, 0.717) is 5.92 Å². The third kappa shape index (κ3) is 4.49. The third-order valence-corrected chi connectivity index (χ3v) is 6.11. The van der Waals surface area contributed by atoms with Crippen LogP contribution in [0.5, 0.6) is 0 Å². The van der Waals surface area contributed by atoms with Gasteiger partial charge >= 0.3 is 0 Å². The minimum Gasteiger partial charge on any atom is -0.368 e. The number of hydrogen-bond acceptors (Lipinski definition) is 4. The number of aryl methyl sites for hydroxylation is 2. The van der Waals surface area contributed by atoms with E-state index in [1.54, 1.807) is 5.57 Å². The Bertz CT molecular complexity index is 775. The van der Waals surface area contributed by atoms with Gasteiger partial charge in [-0.05, 0) is 52.4 Å². The summed E-state index contributed by atoms with van der Waals surface area (Å²) in [5, 5.41) is 3.61. The number of rotatable bonds is 5. The topological polar surface area (TPSA) is 41.0 Å². The maximum atomic E-state index is 4.68. The molecule has 1 aromatic heterocycles. The molecule has 0 radical (unpaired) electrons. The van der Waals surface area contributed by atoms with Gasteiger partial charge in [0.05, 0.1) is 0 Å². The molecule has 0 fully saturated rings. The second-order valence-corrected chi connectivity index (χ2v) is 8.16. The van der Waals surface area contributed by atoms with Crippen LogP contribution in [0.4, 0.5) is 5.82 Å². The molecule has 1 unspecified atom stereocenters. The van der Waals surface area contributed by atoms with Crippen molar-refractivity contribution < 1.29 is 0 Å². The fourth-order valence-electron chi connectivity index (χ4n) is 4.47. The predicted molar refractivity (Wildman–Crippen MR) is 112 cm³/mol. The van der Waals surface area contributed by atoms with E-state index in [-0.39, 0.29) is 0 Å². The largest absolute Gasteiger partial charge is 0.368 e. The molecule has 0 amide bonds. The molecule has 0 aromatic carbocycles. The third-order valence-electron chi connectivity index (χ3n) is 6.11. The van der Waals surface area contributed by atoms with Crippen LogP contribution in [0.2, 0.25) is 0 Å². The zero-order valence-corrected chi connectivity index (χ0v) is 16.8. The van der Waals surface area contributed by atoms with Gasteiger partial charge in [-0.3, -0.25) is 4.90 Å². The van der Waals surface area contributed by atoms with E-state index in [1.807, 2.05) is 6.92 Å². The van der Waals surface area contributed by atoms with Crippen molar-refractivity contribution in [2.45, 2.75) is 52.4 Å². The second-order valence-electron chi connectivity index (χ2n) is 8.16. The standard InChI is InChI=1S/C23H32N4/c1-17-7-9-19(10-8-17)20-11-14-27(15-12-20)16-13-24-23-21-5-3-4-6-22(21)25-18(2)26-23/h7-9,11,19H,3-6,10,12-16H2,1-2H3,(H,24,25,26). The highest BCUT2D eigenvalue weighted by atomic mass is 15.1. The number of aromatic nitrogens is 2. The van der Waals surface area contributed by atoms with Crippen molar-refractivity contribution in [2.75, 3.05) is 31.5 Å². The molecule has 4 nitrogen and oxygen atoms in total. The summed E-state index contributed by atoms with van der Waals surface area (Å²) in [5.74, 6) is 2.61. The lowest BCUT2D eigenvalue weighted by Gasteiger charge is -2.29. The summed E-state index contributed by atoms with van der Waals surface area (Å²) < 4.78 is 0. The maximum absolute atomic E-state index is 4.68. The van der Waals surface area contributed by atoms with Crippen LogP contribution in [0.25, 0.3) is 0 Å². The van der Waals surface area contributed by atoms with Crippen molar-refractivity contribution >= 4 is 5.82 Å². The van der Waals surface area contributed by atoms with Crippen LogP contribution >= 0.6 is 0 Å². The second kappa shape index (κ2) is 8.39. The Hall–Kier alpha value is -1.94. The van der Waals surface area contributed by atoms with E-state index in [1.165, 1.54) is 49.1 Å². The normalized spacial score (nSPS) is 22.8. The Balaban J connectivity index is 1.29. The SMILES string of the molecule is CC1=CCC(C2=CCN(CCNc3nc(C)nc4c3CCCC4)CC2)C=C1. The Morgan fingerprint density at radius 1 is 1.11 bits per heavy atom. The molecule has 0 bridgehead atoms. The molecule has 2 aliphatic carbocycles. The average Bonchev–Trinajstić information content (AvgIpc) is 2.69. The van der Waals surface area contributed by atoms with E-state index in [2.05, 4.69) is 51.4 Å². The molecule has 4 rings (SSSR count). The molecule has 1 aliphatic heterocycles. The Morgan fingerprint density at radius 2 is 2.00 bits per heavy atom. The molecule has 27 heavy (non-hydrogen) atoms. The summed E-state index contributed by atoms with van der Waals surface area (Å²) in [6, 6.07) is 0. The van der Waals surface area contributed by atoms with Gasteiger partial charge in [0.1, 0.15) is 11.6 Å². The fraction of sp³-hybridized carbons (Fsp3) is 0.565. The van der Waals surface area contributed by atoms with E-state index >= 15 is 0 Å². The summed E-state index contributed by atoms with van der Waals surface area (Å²) >= 11 is 0. The molecule has 0 spiro atoms. The average molecular weight is 365 g/mol. The van der Waals surface area contributed by atoms with Crippen LogP contribution in [0.15, 0.2) is 35.5 Å². The molecule has 3 aliphatic rings. The zero-order valence-electron chi connectivity index (χ0n) is 16.8. The van der Waals surface area contributed by atoms with E-state index in [0.717, 1.165) is 44.1 Å². The lowest BCUT2D eigenvalue weighted by atomic mass is 9.87. The first kappa shape index (κ1) is 18.4. The van der Waals surface area contributed by atoms with E-state index < -0.39 is 0 Å². The molecule has 0 saturated carbocycles. The summed E-state index contributed by atoms with van der Waals surface area (Å²) in [7, 11) is 0. The van der Waals surface area contributed by atoms with Crippen LogP contribution in [-0.4, -0.2) is 41.0 Å². The number of nitrogens with one attached hydrogen (secondary N) is 1. The predicted octanol–water partition coefficient (Wildman–Crippen LogP) is 4.23. The van der Waals surface area contributed by atoms with Crippen molar-refractivity contribution in [1.29, 1.82) is 0 Å². The summed E-state index contributed by atoms with van der Waals surface area (Å²) in [5.41, 5.74) is 5.66. The van der Waals surface area contributed by atoms with Crippen molar-refractivity contribution in [2.24, 2.45) is 5.92 Å². The first-order valence-corrected chi connectivity index (χ1v) is 10.6. The van der Waals surface area contributed by atoms with Gasteiger partial charge in [-0.1, -0.05) is 35.5 Å². The first-order valence-electron chi connectivity index (χ1n) is 10.6. The van der Waals surface area contributed by atoms with Gasteiger partial charge in [-0.15, -0.1) is 0 Å². The van der Waals surface area contributed by atoms with Gasteiger partial charge in [0.15, 0.2) is 0 Å². The zero-order chi connectivity index (χ0) is 18.6. The molecule has 4 heteroatoms. The van der Waals surface area contributed by atoms with Crippen LogP contribution in [-0.2, 0) is 12.8 Å². The Kier molecular flexibility index (Phi) is 5.72. The van der Waals surface area contributed by atoms with Crippen molar-refractivity contribution in [3.05, 3.63) is 52.5 Å². The minimum absolute atomic E-state index is 0.629. The van der Waals surface area contributed by atoms with Gasteiger partial charge in [0.25, 0.3) is 0 Å². The first-order chi connectivity index (χ1) is 13.2. The molecular formula is C23H32N4. The molecular weight excluding hydrogens is 332 g/mol. The molecule has 144 valence electrons. The number of nitrogens with zero attached hydrogens (tertiary/aromatic N) is 3. The summed E-state index contributed by atoms with van der Waals surface area (Å²) in [6.07, 6.45) is 16.6. The molecule has 2 heterocycles. The smallest absolute Gasteiger partial charge is 0.133 e. The van der Waals surface area contributed by atoms with E-state index in [9.17, 15) is 0 Å². The number of fused-ring (bicyclic) bond motifs is 1. The molecule has 1 atom stereocenters. The van der Waals surface area contributed by atoms with Crippen LogP contribution < -0.4 is 5.32 Å². The van der Waals surface area contributed by atoms with Gasteiger partial charge < -0.3 is 5.32 Å². The molecule has 1 aromatic rings. The Morgan fingerprint density at radius 3 is 2.78 bits per heavy atom. The Labute approximate surface area is 163 Å². The van der Waals surface area contributed by atoms with Gasteiger partial charge in [-0.2, -0.15) is 0 Å². The van der Waals surface area contributed by atoms with Crippen molar-refractivity contribution in [3.63, 3.8) is 0 Å². The molecule has 0 saturated heterocycles. The van der Waals surface area contributed by atoms with Gasteiger partial charge in [0.2, 0.25) is 0 Å². The lowest BCUT2D eigenvalue weighted by Crippen LogP contribution is -2.34.